The molecule has 0 fully saturated rings. The van der Waals surface area contributed by atoms with Crippen molar-refractivity contribution in [3.63, 3.8) is 0 Å². The number of pyridine rings is 1. The Bertz CT molecular complexity index is 545. The molecule has 0 atom stereocenters. The smallest absolute Gasteiger partial charge is 0.240 e. The molecule has 20 heavy (non-hydrogen) atoms. The molecule has 0 spiro atoms. The second-order valence-electron chi connectivity index (χ2n) is 4.01. The molecule has 7 nitrogen and oxygen atoms in total. The maximum absolute atomic E-state index is 12.0. The summed E-state index contributed by atoms with van der Waals surface area (Å²) in [5, 5.41) is 5.55. The van der Waals surface area contributed by atoms with E-state index in [-0.39, 0.29) is 23.8 Å². The zero-order valence-electron chi connectivity index (χ0n) is 11.6. The minimum absolute atomic E-state index is 0.0625. The molecule has 0 aliphatic carbocycles. The van der Waals surface area contributed by atoms with E-state index in [1.165, 1.54) is 18.3 Å². The molecule has 0 bridgehead atoms. The van der Waals surface area contributed by atoms with Gasteiger partial charge in [0.15, 0.2) is 0 Å². The third-order valence-corrected chi connectivity index (χ3v) is 3.88. The quantitative estimate of drug-likeness (QED) is 0.642. The maximum atomic E-state index is 12.0. The van der Waals surface area contributed by atoms with Crippen LogP contribution in [0.15, 0.2) is 23.2 Å². The molecule has 0 aromatic carbocycles. The molecule has 112 valence electrons. The Morgan fingerprint density at radius 3 is 2.70 bits per heavy atom. The number of aromatic nitrogens is 1. The van der Waals surface area contributed by atoms with Crippen LogP contribution in [0.5, 0.6) is 0 Å². The molecular weight excluding hydrogens is 280 g/mol. The van der Waals surface area contributed by atoms with Gasteiger partial charge in [0.1, 0.15) is 5.82 Å². The van der Waals surface area contributed by atoms with E-state index >= 15 is 0 Å². The van der Waals surface area contributed by atoms with E-state index in [0.717, 1.165) is 0 Å². The molecule has 0 radical (unpaired) electrons. The van der Waals surface area contributed by atoms with Gasteiger partial charge in [0.05, 0.1) is 4.90 Å². The van der Waals surface area contributed by atoms with Crippen LogP contribution in [0.1, 0.15) is 20.3 Å². The van der Waals surface area contributed by atoms with E-state index in [2.05, 4.69) is 20.3 Å². The summed E-state index contributed by atoms with van der Waals surface area (Å²) in [6.07, 6.45) is 1.54. The lowest BCUT2D eigenvalue weighted by molar-refractivity contribution is -0.120. The zero-order valence-corrected chi connectivity index (χ0v) is 12.5. The van der Waals surface area contributed by atoms with Crippen molar-refractivity contribution in [2.45, 2.75) is 25.2 Å². The van der Waals surface area contributed by atoms with Crippen molar-refractivity contribution in [2.24, 2.45) is 0 Å². The fraction of sp³-hybridized carbons (Fsp3) is 0.500. The summed E-state index contributed by atoms with van der Waals surface area (Å²) >= 11 is 0. The van der Waals surface area contributed by atoms with Crippen LogP contribution in [0.3, 0.4) is 0 Å². The van der Waals surface area contributed by atoms with Crippen LogP contribution in [0, 0.1) is 0 Å². The van der Waals surface area contributed by atoms with Crippen LogP contribution in [0.2, 0.25) is 0 Å². The Hall–Kier alpha value is -1.67. The number of nitrogens with one attached hydrogen (secondary N) is 3. The largest absolute Gasteiger partial charge is 0.370 e. The Morgan fingerprint density at radius 1 is 1.30 bits per heavy atom. The Kier molecular flexibility index (Phi) is 6.40. The number of sulfonamides is 1. The summed E-state index contributed by atoms with van der Waals surface area (Å²) in [7, 11) is -3.62. The number of carbonyl (C=O) groups excluding carboxylic acids is 1. The van der Waals surface area contributed by atoms with E-state index in [9.17, 15) is 13.2 Å². The number of rotatable bonds is 8. The fourth-order valence-electron chi connectivity index (χ4n) is 1.52. The van der Waals surface area contributed by atoms with Gasteiger partial charge in [-0.1, -0.05) is 0 Å². The van der Waals surface area contributed by atoms with Crippen LogP contribution >= 0.6 is 0 Å². The van der Waals surface area contributed by atoms with E-state index < -0.39 is 10.0 Å². The molecule has 0 saturated carbocycles. The van der Waals surface area contributed by atoms with Gasteiger partial charge in [0.2, 0.25) is 15.9 Å². The second kappa shape index (κ2) is 7.81. The molecule has 0 aliphatic rings. The summed E-state index contributed by atoms with van der Waals surface area (Å²) in [6, 6.07) is 2.87. The molecule has 1 heterocycles. The van der Waals surface area contributed by atoms with Crippen molar-refractivity contribution in [3.8, 4) is 0 Å². The van der Waals surface area contributed by atoms with Crippen molar-refractivity contribution in [2.75, 3.05) is 25.0 Å². The van der Waals surface area contributed by atoms with Crippen LogP contribution in [0.25, 0.3) is 0 Å². The average molecular weight is 300 g/mol. The highest BCUT2D eigenvalue weighted by atomic mass is 32.2. The average Bonchev–Trinajstić information content (AvgIpc) is 2.39. The number of amides is 1. The highest BCUT2D eigenvalue weighted by Gasteiger charge is 2.14. The Labute approximate surface area is 119 Å². The first-order valence-electron chi connectivity index (χ1n) is 6.46. The van der Waals surface area contributed by atoms with Gasteiger partial charge in [0.25, 0.3) is 0 Å². The number of carbonyl (C=O) groups is 1. The molecule has 1 amide bonds. The lowest BCUT2D eigenvalue weighted by Crippen LogP contribution is -2.30. The van der Waals surface area contributed by atoms with Gasteiger partial charge in [-0.05, 0) is 19.9 Å². The van der Waals surface area contributed by atoms with Crippen molar-refractivity contribution >= 4 is 21.7 Å². The molecular formula is C12H20N4O3S. The predicted molar refractivity (Wildman–Crippen MR) is 76.9 cm³/mol. The van der Waals surface area contributed by atoms with Gasteiger partial charge in [-0.15, -0.1) is 0 Å². The van der Waals surface area contributed by atoms with Crippen molar-refractivity contribution < 1.29 is 13.2 Å². The lowest BCUT2D eigenvalue weighted by atomic mass is 10.4. The van der Waals surface area contributed by atoms with Gasteiger partial charge >= 0.3 is 0 Å². The summed E-state index contributed by atoms with van der Waals surface area (Å²) in [4.78, 5) is 15.4. The van der Waals surface area contributed by atoms with E-state index in [4.69, 9.17) is 0 Å². The Morgan fingerprint density at radius 2 is 2.05 bits per heavy atom. The predicted octanol–water partition coefficient (Wildman–Crippen LogP) is 0.318. The fourth-order valence-corrected chi connectivity index (χ4v) is 2.57. The minimum atomic E-state index is -3.62. The highest BCUT2D eigenvalue weighted by Crippen LogP contribution is 2.12. The van der Waals surface area contributed by atoms with Gasteiger partial charge < -0.3 is 10.6 Å². The van der Waals surface area contributed by atoms with Crippen molar-refractivity contribution in [1.29, 1.82) is 0 Å². The SMILES string of the molecule is CCNC(=O)CCNS(=O)(=O)c1ccnc(NCC)c1. The first kappa shape index (κ1) is 16.4. The van der Waals surface area contributed by atoms with E-state index in [1.807, 2.05) is 6.92 Å². The summed E-state index contributed by atoms with van der Waals surface area (Å²) < 4.78 is 26.4. The standard InChI is InChI=1S/C12H20N4O3S/c1-3-13-11-9-10(5-7-15-11)20(18,19)16-8-6-12(17)14-4-2/h5,7,9,16H,3-4,6,8H2,1-2H3,(H,13,15)(H,14,17). The highest BCUT2D eigenvalue weighted by molar-refractivity contribution is 7.89. The summed E-state index contributed by atoms with van der Waals surface area (Å²) in [5.74, 6) is 0.317. The minimum Gasteiger partial charge on any atom is -0.370 e. The van der Waals surface area contributed by atoms with Gasteiger partial charge in [-0.25, -0.2) is 18.1 Å². The van der Waals surface area contributed by atoms with Crippen LogP contribution < -0.4 is 15.4 Å². The molecule has 8 heteroatoms. The zero-order chi connectivity index (χ0) is 15.0. The van der Waals surface area contributed by atoms with Gasteiger partial charge in [0, 0.05) is 38.3 Å². The normalized spacial score (nSPS) is 11.1. The Balaban J connectivity index is 2.64. The number of hydrogen-bond donors (Lipinski definition) is 3. The van der Waals surface area contributed by atoms with Gasteiger partial charge in [-0.2, -0.15) is 0 Å². The monoisotopic (exact) mass is 300 g/mol. The summed E-state index contributed by atoms with van der Waals surface area (Å²) in [5.41, 5.74) is 0. The molecule has 0 saturated heterocycles. The van der Waals surface area contributed by atoms with Crippen LogP contribution in [0.4, 0.5) is 5.82 Å². The topological polar surface area (TPSA) is 100 Å². The van der Waals surface area contributed by atoms with E-state index in [1.54, 1.807) is 6.92 Å². The van der Waals surface area contributed by atoms with Gasteiger partial charge in [-0.3, -0.25) is 4.79 Å². The van der Waals surface area contributed by atoms with Crippen LogP contribution in [-0.2, 0) is 14.8 Å². The lowest BCUT2D eigenvalue weighted by Gasteiger charge is -2.08. The van der Waals surface area contributed by atoms with Crippen molar-refractivity contribution in [3.05, 3.63) is 18.3 Å². The van der Waals surface area contributed by atoms with Crippen molar-refractivity contribution in [1.82, 2.24) is 15.0 Å². The molecule has 3 N–H and O–H groups in total. The summed E-state index contributed by atoms with van der Waals surface area (Å²) in [6.45, 7) is 4.95. The van der Waals surface area contributed by atoms with E-state index in [0.29, 0.717) is 18.9 Å². The third-order valence-electron chi connectivity index (χ3n) is 2.42. The molecule has 0 unspecified atom stereocenters. The second-order valence-corrected chi connectivity index (χ2v) is 5.78. The molecule has 0 aliphatic heterocycles. The number of anilines is 1. The third kappa shape index (κ3) is 5.14. The maximum Gasteiger partial charge on any atom is 0.240 e. The molecule has 1 aromatic heterocycles. The number of hydrogen-bond acceptors (Lipinski definition) is 5. The molecule has 1 aromatic rings. The number of nitrogens with zero attached hydrogens (tertiary/aromatic N) is 1. The van der Waals surface area contributed by atoms with Crippen LogP contribution in [-0.4, -0.2) is 38.9 Å². The molecule has 1 rings (SSSR count). The first-order valence-corrected chi connectivity index (χ1v) is 7.94. The first-order chi connectivity index (χ1) is 9.49.